The van der Waals surface area contributed by atoms with E-state index in [-0.39, 0.29) is 0 Å². The molecule has 0 spiro atoms. The molecule has 0 fully saturated rings. The molecule has 4 rings (SSSR count). The van der Waals surface area contributed by atoms with Crippen molar-refractivity contribution in [2.24, 2.45) is 5.10 Å². The second-order valence-corrected chi connectivity index (χ2v) is 6.56. The molecule has 0 aliphatic carbocycles. The quantitative estimate of drug-likeness (QED) is 0.585. The Balaban J connectivity index is 1.51. The van der Waals surface area contributed by atoms with Crippen LogP contribution in [0.25, 0.3) is 0 Å². The number of hydrazone groups is 1. The van der Waals surface area contributed by atoms with Gasteiger partial charge in [0.1, 0.15) is 17.6 Å². The largest absolute Gasteiger partial charge is 0.497 e. The summed E-state index contributed by atoms with van der Waals surface area (Å²) >= 11 is 0. The van der Waals surface area contributed by atoms with Gasteiger partial charge in [-0.25, -0.2) is 9.80 Å². The minimum Gasteiger partial charge on any atom is -0.497 e. The molecule has 1 atom stereocenters. The standard InChI is InChI=1S/C22H19N3O5/c1-28-17-6-4-15(5-7-17)18-13-19(20-3-2-12-29-20)25(24-18)21(26)14-30-22(27)16-8-10-23-11-9-16/h2-12,19H,13-14H2,1H3/t19-/m1/s1. The zero-order chi connectivity index (χ0) is 20.9. The summed E-state index contributed by atoms with van der Waals surface area (Å²) in [6, 6.07) is 13.6. The van der Waals surface area contributed by atoms with Crippen molar-refractivity contribution >= 4 is 17.6 Å². The Morgan fingerprint density at radius 2 is 1.90 bits per heavy atom. The molecule has 1 aromatic carbocycles. The third-order valence-corrected chi connectivity index (χ3v) is 4.70. The van der Waals surface area contributed by atoms with E-state index in [1.807, 2.05) is 24.3 Å². The number of benzene rings is 1. The molecule has 30 heavy (non-hydrogen) atoms. The van der Waals surface area contributed by atoms with E-state index in [2.05, 4.69) is 10.1 Å². The Labute approximate surface area is 172 Å². The number of carbonyl (C=O) groups excluding carboxylic acids is 2. The van der Waals surface area contributed by atoms with E-state index in [0.29, 0.717) is 17.7 Å². The van der Waals surface area contributed by atoms with Gasteiger partial charge in [-0.2, -0.15) is 5.10 Å². The fourth-order valence-corrected chi connectivity index (χ4v) is 3.17. The molecule has 8 nitrogen and oxygen atoms in total. The second-order valence-electron chi connectivity index (χ2n) is 6.56. The SMILES string of the molecule is COc1ccc(C2=NN(C(=O)COC(=O)c3ccncc3)[C@@H](c3ccco3)C2)cc1. The van der Waals surface area contributed by atoms with Crippen LogP contribution in [-0.4, -0.2) is 41.3 Å². The summed E-state index contributed by atoms with van der Waals surface area (Å²) < 4.78 is 15.9. The predicted octanol–water partition coefficient (Wildman–Crippen LogP) is 3.22. The van der Waals surface area contributed by atoms with Crippen molar-refractivity contribution in [3.05, 3.63) is 84.1 Å². The molecule has 152 valence electrons. The van der Waals surface area contributed by atoms with E-state index in [4.69, 9.17) is 13.9 Å². The monoisotopic (exact) mass is 405 g/mol. The van der Waals surface area contributed by atoms with E-state index >= 15 is 0 Å². The molecule has 3 aromatic rings. The summed E-state index contributed by atoms with van der Waals surface area (Å²) in [4.78, 5) is 28.8. The van der Waals surface area contributed by atoms with Gasteiger partial charge in [-0.05, 0) is 54.1 Å². The fraction of sp³-hybridized carbons (Fsp3) is 0.182. The van der Waals surface area contributed by atoms with Crippen LogP contribution in [0.3, 0.4) is 0 Å². The van der Waals surface area contributed by atoms with Crippen LogP contribution in [-0.2, 0) is 9.53 Å². The first-order valence-corrected chi connectivity index (χ1v) is 9.30. The summed E-state index contributed by atoms with van der Waals surface area (Å²) in [6.45, 7) is -0.433. The molecule has 0 unspecified atom stereocenters. The normalized spacial score (nSPS) is 15.6. The van der Waals surface area contributed by atoms with Crippen molar-refractivity contribution in [3.8, 4) is 5.75 Å². The molecule has 2 aromatic heterocycles. The summed E-state index contributed by atoms with van der Waals surface area (Å²) in [7, 11) is 1.60. The van der Waals surface area contributed by atoms with Crippen LogP contribution >= 0.6 is 0 Å². The molecule has 1 aliphatic rings. The number of ether oxygens (including phenoxy) is 2. The van der Waals surface area contributed by atoms with Crippen LogP contribution in [0.1, 0.15) is 34.1 Å². The number of carbonyl (C=O) groups is 2. The first-order valence-electron chi connectivity index (χ1n) is 9.30. The maximum absolute atomic E-state index is 12.8. The zero-order valence-corrected chi connectivity index (χ0v) is 16.2. The van der Waals surface area contributed by atoms with Crippen LogP contribution in [0, 0.1) is 0 Å². The van der Waals surface area contributed by atoms with Crippen LogP contribution in [0.5, 0.6) is 5.75 Å². The van der Waals surface area contributed by atoms with Gasteiger partial charge in [0.2, 0.25) is 0 Å². The van der Waals surface area contributed by atoms with Crippen molar-refractivity contribution in [3.63, 3.8) is 0 Å². The highest BCUT2D eigenvalue weighted by Gasteiger charge is 2.35. The topological polar surface area (TPSA) is 94.2 Å². The second kappa shape index (κ2) is 8.60. The number of nitrogens with zero attached hydrogens (tertiary/aromatic N) is 3. The first kappa shape index (κ1) is 19.4. The summed E-state index contributed by atoms with van der Waals surface area (Å²) in [6.07, 6.45) is 4.99. The van der Waals surface area contributed by atoms with Crippen molar-refractivity contribution in [2.75, 3.05) is 13.7 Å². The lowest BCUT2D eigenvalue weighted by Gasteiger charge is -2.19. The van der Waals surface area contributed by atoms with Gasteiger partial charge in [-0.15, -0.1) is 0 Å². The number of esters is 1. The van der Waals surface area contributed by atoms with Gasteiger partial charge < -0.3 is 13.9 Å². The molecule has 3 heterocycles. The molecule has 1 amide bonds. The Bertz CT molecular complexity index is 1050. The molecule has 0 bridgehead atoms. The Morgan fingerprint density at radius 1 is 1.13 bits per heavy atom. The summed E-state index contributed by atoms with van der Waals surface area (Å²) in [5, 5.41) is 5.82. The molecule has 8 heteroatoms. The number of aromatic nitrogens is 1. The highest BCUT2D eigenvalue weighted by Crippen LogP contribution is 2.33. The summed E-state index contributed by atoms with van der Waals surface area (Å²) in [5.41, 5.74) is 1.92. The van der Waals surface area contributed by atoms with Gasteiger partial charge in [0.15, 0.2) is 6.61 Å². The van der Waals surface area contributed by atoms with Crippen molar-refractivity contribution < 1.29 is 23.5 Å². The molecular weight excluding hydrogens is 386 g/mol. The average molecular weight is 405 g/mol. The van der Waals surface area contributed by atoms with Crippen LogP contribution in [0.4, 0.5) is 0 Å². The number of pyridine rings is 1. The van der Waals surface area contributed by atoms with Gasteiger partial charge >= 0.3 is 5.97 Å². The Kier molecular flexibility index (Phi) is 5.56. The highest BCUT2D eigenvalue weighted by molar-refractivity contribution is 6.03. The minimum absolute atomic E-state index is 0.323. The lowest BCUT2D eigenvalue weighted by atomic mass is 10.0. The third-order valence-electron chi connectivity index (χ3n) is 4.70. The van der Waals surface area contributed by atoms with Gasteiger partial charge in [-0.1, -0.05) is 0 Å². The van der Waals surface area contributed by atoms with E-state index in [1.165, 1.54) is 29.5 Å². The molecule has 0 radical (unpaired) electrons. The molecule has 1 aliphatic heterocycles. The molecular formula is C22H19N3O5. The zero-order valence-electron chi connectivity index (χ0n) is 16.2. The number of hydrogen-bond donors (Lipinski definition) is 0. The van der Waals surface area contributed by atoms with Crippen LogP contribution in [0.15, 0.2) is 76.7 Å². The number of rotatable bonds is 6. The van der Waals surface area contributed by atoms with Gasteiger partial charge in [0.05, 0.1) is 24.6 Å². The van der Waals surface area contributed by atoms with E-state index in [1.54, 1.807) is 25.5 Å². The third kappa shape index (κ3) is 4.07. The number of amides is 1. The average Bonchev–Trinajstić information content (AvgIpc) is 3.48. The lowest BCUT2D eigenvalue weighted by molar-refractivity contribution is -0.136. The van der Waals surface area contributed by atoms with Gasteiger partial charge in [0.25, 0.3) is 5.91 Å². The van der Waals surface area contributed by atoms with Gasteiger partial charge in [-0.3, -0.25) is 9.78 Å². The maximum atomic E-state index is 12.8. The van der Waals surface area contributed by atoms with Gasteiger partial charge in [0, 0.05) is 18.8 Å². The molecule has 0 saturated carbocycles. The van der Waals surface area contributed by atoms with Crippen LogP contribution < -0.4 is 4.74 Å². The smallest absolute Gasteiger partial charge is 0.338 e. The van der Waals surface area contributed by atoms with E-state index < -0.39 is 24.5 Å². The minimum atomic E-state index is -0.598. The Hall–Kier alpha value is -3.94. The lowest BCUT2D eigenvalue weighted by Crippen LogP contribution is -2.31. The predicted molar refractivity (Wildman–Crippen MR) is 107 cm³/mol. The van der Waals surface area contributed by atoms with Crippen molar-refractivity contribution in [1.82, 2.24) is 9.99 Å². The van der Waals surface area contributed by atoms with Crippen LogP contribution in [0.2, 0.25) is 0 Å². The Morgan fingerprint density at radius 3 is 2.57 bits per heavy atom. The maximum Gasteiger partial charge on any atom is 0.338 e. The number of methoxy groups -OCH3 is 1. The van der Waals surface area contributed by atoms with Crippen molar-refractivity contribution in [1.29, 1.82) is 0 Å². The highest BCUT2D eigenvalue weighted by atomic mass is 16.5. The molecule has 0 N–H and O–H groups in total. The van der Waals surface area contributed by atoms with E-state index in [9.17, 15) is 9.59 Å². The van der Waals surface area contributed by atoms with E-state index in [0.717, 1.165) is 17.0 Å². The molecule has 0 saturated heterocycles. The van der Waals surface area contributed by atoms with Crippen molar-refractivity contribution in [2.45, 2.75) is 12.5 Å². The number of furan rings is 1. The number of hydrogen-bond acceptors (Lipinski definition) is 7. The summed E-state index contributed by atoms with van der Waals surface area (Å²) in [5.74, 6) is 0.299. The fourth-order valence-electron chi connectivity index (χ4n) is 3.17. The first-order chi connectivity index (χ1) is 14.7.